The van der Waals surface area contributed by atoms with Crippen molar-refractivity contribution < 1.29 is 0 Å². The van der Waals surface area contributed by atoms with Gasteiger partial charge < -0.3 is 5.73 Å². The number of hydrogen-bond acceptors (Lipinski definition) is 2. The molecule has 0 saturated carbocycles. The van der Waals surface area contributed by atoms with Crippen molar-refractivity contribution in [3.63, 3.8) is 0 Å². The van der Waals surface area contributed by atoms with Crippen LogP contribution in [0.5, 0.6) is 0 Å². The van der Waals surface area contributed by atoms with Crippen LogP contribution in [0.25, 0.3) is 0 Å². The van der Waals surface area contributed by atoms with Crippen LogP contribution < -0.4 is 5.73 Å². The number of nitrogen functional groups attached to an aromatic ring is 1. The molecule has 0 amide bonds. The fourth-order valence-corrected chi connectivity index (χ4v) is 3.12. The van der Waals surface area contributed by atoms with Crippen LogP contribution in [0.3, 0.4) is 0 Å². The van der Waals surface area contributed by atoms with Gasteiger partial charge >= 0.3 is 0 Å². The zero-order valence-corrected chi connectivity index (χ0v) is 12.8. The van der Waals surface area contributed by atoms with E-state index in [4.69, 9.17) is 17.3 Å². The molecule has 1 nitrogen and oxygen atoms in total. The van der Waals surface area contributed by atoms with Crippen molar-refractivity contribution in [1.29, 1.82) is 0 Å². The molecule has 102 valence electrons. The van der Waals surface area contributed by atoms with Crippen molar-refractivity contribution in [1.82, 2.24) is 0 Å². The number of anilines is 1. The number of halogens is 1. The first kappa shape index (κ1) is 15.7. The van der Waals surface area contributed by atoms with Crippen LogP contribution >= 0.6 is 23.4 Å². The topological polar surface area (TPSA) is 26.0 Å². The van der Waals surface area contributed by atoms with E-state index in [1.54, 1.807) is 0 Å². The normalized spacial score (nSPS) is 10.8. The smallest absolute Gasteiger partial charge is 0.0453 e. The molecule has 3 heteroatoms. The minimum absolute atomic E-state index is 0.770. The monoisotopic (exact) mass is 285 g/mol. The number of thioether (sulfide) groups is 1. The Morgan fingerprint density at radius 3 is 2.44 bits per heavy atom. The summed E-state index contributed by atoms with van der Waals surface area (Å²) in [5.41, 5.74) is 6.75. The third kappa shape index (κ3) is 6.55. The second-order valence-corrected chi connectivity index (χ2v) is 6.23. The van der Waals surface area contributed by atoms with E-state index in [1.165, 1.54) is 44.9 Å². The SMILES string of the molecule is CCCCCCCCCSc1cc(Cl)ccc1N. The van der Waals surface area contributed by atoms with Crippen molar-refractivity contribution in [2.24, 2.45) is 0 Å². The molecule has 0 unspecified atom stereocenters. The zero-order chi connectivity index (χ0) is 13.2. The van der Waals surface area contributed by atoms with Gasteiger partial charge in [0.1, 0.15) is 0 Å². The van der Waals surface area contributed by atoms with E-state index >= 15 is 0 Å². The molecule has 1 rings (SSSR count). The molecule has 0 aliphatic rings. The number of hydrogen-bond donors (Lipinski definition) is 1. The number of unbranched alkanes of at least 4 members (excludes halogenated alkanes) is 6. The lowest BCUT2D eigenvalue weighted by Gasteiger charge is -2.06. The van der Waals surface area contributed by atoms with Gasteiger partial charge in [-0.05, 0) is 30.4 Å². The summed E-state index contributed by atoms with van der Waals surface area (Å²) >= 11 is 7.78. The molecule has 2 N–H and O–H groups in total. The Kier molecular flexibility index (Phi) is 8.36. The lowest BCUT2D eigenvalue weighted by Crippen LogP contribution is -1.89. The summed E-state index contributed by atoms with van der Waals surface area (Å²) in [6.45, 7) is 2.26. The van der Waals surface area contributed by atoms with Crippen molar-refractivity contribution in [2.75, 3.05) is 11.5 Å². The molecular weight excluding hydrogens is 262 g/mol. The summed E-state index contributed by atoms with van der Waals surface area (Å²) in [7, 11) is 0. The zero-order valence-electron chi connectivity index (χ0n) is 11.3. The third-order valence-corrected chi connectivity index (χ3v) is 4.37. The van der Waals surface area contributed by atoms with E-state index in [-0.39, 0.29) is 0 Å². The fraction of sp³-hybridized carbons (Fsp3) is 0.600. The Balaban J connectivity index is 2.09. The molecule has 0 fully saturated rings. The predicted octanol–water partition coefficient (Wildman–Crippen LogP) is 5.76. The predicted molar refractivity (Wildman–Crippen MR) is 84.6 cm³/mol. The maximum Gasteiger partial charge on any atom is 0.0453 e. The van der Waals surface area contributed by atoms with Crippen molar-refractivity contribution in [3.8, 4) is 0 Å². The first-order valence-corrected chi connectivity index (χ1v) is 8.28. The van der Waals surface area contributed by atoms with E-state index in [9.17, 15) is 0 Å². The maximum absolute atomic E-state index is 5.96. The van der Waals surface area contributed by atoms with Crippen LogP contribution in [0.2, 0.25) is 5.02 Å². The van der Waals surface area contributed by atoms with Gasteiger partial charge in [0.2, 0.25) is 0 Å². The highest BCUT2D eigenvalue weighted by Gasteiger charge is 2.00. The van der Waals surface area contributed by atoms with Crippen LogP contribution in [0.15, 0.2) is 23.1 Å². The Morgan fingerprint density at radius 2 is 1.72 bits per heavy atom. The molecule has 0 heterocycles. The Bertz CT molecular complexity index is 341. The van der Waals surface area contributed by atoms with E-state index in [0.717, 1.165) is 21.4 Å². The highest BCUT2D eigenvalue weighted by atomic mass is 35.5. The summed E-state index contributed by atoms with van der Waals surface area (Å²) in [5, 5.41) is 0.770. The molecule has 18 heavy (non-hydrogen) atoms. The number of rotatable bonds is 9. The quantitative estimate of drug-likeness (QED) is 0.354. The van der Waals surface area contributed by atoms with E-state index in [2.05, 4.69) is 6.92 Å². The summed E-state index contributed by atoms with van der Waals surface area (Å²) in [5.74, 6) is 1.14. The van der Waals surface area contributed by atoms with E-state index in [0.29, 0.717) is 0 Å². The molecule has 0 saturated heterocycles. The first-order chi connectivity index (χ1) is 8.74. The van der Waals surface area contributed by atoms with Gasteiger partial charge in [-0.1, -0.05) is 57.0 Å². The van der Waals surface area contributed by atoms with Crippen molar-refractivity contribution in [2.45, 2.75) is 56.8 Å². The standard InChI is InChI=1S/C15H24ClNS/c1-2-3-4-5-6-7-8-11-18-15-12-13(16)9-10-14(15)17/h9-10,12H,2-8,11,17H2,1H3. The Hall–Kier alpha value is -0.340. The van der Waals surface area contributed by atoms with Crippen LogP contribution in [-0.4, -0.2) is 5.75 Å². The van der Waals surface area contributed by atoms with Crippen molar-refractivity contribution in [3.05, 3.63) is 23.2 Å². The van der Waals surface area contributed by atoms with Gasteiger partial charge in [-0.2, -0.15) is 0 Å². The Labute approximate surface area is 120 Å². The molecule has 0 bridgehead atoms. The van der Waals surface area contributed by atoms with Gasteiger partial charge in [-0.25, -0.2) is 0 Å². The van der Waals surface area contributed by atoms with Gasteiger partial charge in [-0.3, -0.25) is 0 Å². The average molecular weight is 286 g/mol. The van der Waals surface area contributed by atoms with Gasteiger partial charge in [0, 0.05) is 15.6 Å². The lowest BCUT2D eigenvalue weighted by molar-refractivity contribution is 0.603. The molecule has 1 aromatic carbocycles. The van der Waals surface area contributed by atoms with Crippen LogP contribution in [0.4, 0.5) is 5.69 Å². The van der Waals surface area contributed by atoms with Gasteiger partial charge in [-0.15, -0.1) is 11.8 Å². The minimum Gasteiger partial charge on any atom is -0.398 e. The average Bonchev–Trinajstić information content (AvgIpc) is 2.36. The molecule has 0 aromatic heterocycles. The number of benzene rings is 1. The molecule has 0 aliphatic heterocycles. The maximum atomic E-state index is 5.96. The van der Waals surface area contributed by atoms with E-state index in [1.807, 2.05) is 30.0 Å². The number of nitrogens with two attached hydrogens (primary N) is 1. The third-order valence-electron chi connectivity index (χ3n) is 2.98. The van der Waals surface area contributed by atoms with Crippen LogP contribution in [-0.2, 0) is 0 Å². The summed E-state index contributed by atoms with van der Waals surface area (Å²) in [6.07, 6.45) is 9.45. The van der Waals surface area contributed by atoms with Crippen LogP contribution in [0.1, 0.15) is 51.9 Å². The molecule has 0 aliphatic carbocycles. The largest absolute Gasteiger partial charge is 0.398 e. The molecular formula is C15H24ClNS. The van der Waals surface area contributed by atoms with Gasteiger partial charge in [0.15, 0.2) is 0 Å². The van der Waals surface area contributed by atoms with E-state index < -0.39 is 0 Å². The lowest BCUT2D eigenvalue weighted by atomic mass is 10.1. The van der Waals surface area contributed by atoms with Gasteiger partial charge in [0.25, 0.3) is 0 Å². The second kappa shape index (κ2) is 9.57. The van der Waals surface area contributed by atoms with Crippen molar-refractivity contribution >= 4 is 29.1 Å². The van der Waals surface area contributed by atoms with Gasteiger partial charge in [0.05, 0.1) is 0 Å². The molecule has 0 atom stereocenters. The summed E-state index contributed by atoms with van der Waals surface area (Å²) < 4.78 is 0. The first-order valence-electron chi connectivity index (χ1n) is 6.92. The molecule has 1 aromatic rings. The highest BCUT2D eigenvalue weighted by Crippen LogP contribution is 2.28. The molecule has 0 radical (unpaired) electrons. The summed E-state index contributed by atoms with van der Waals surface area (Å²) in [6, 6.07) is 5.69. The fourth-order valence-electron chi connectivity index (χ4n) is 1.87. The highest BCUT2D eigenvalue weighted by molar-refractivity contribution is 7.99. The second-order valence-electron chi connectivity index (χ2n) is 4.65. The molecule has 0 spiro atoms. The summed E-state index contributed by atoms with van der Waals surface area (Å²) in [4.78, 5) is 1.12. The Morgan fingerprint density at radius 1 is 1.06 bits per heavy atom. The van der Waals surface area contributed by atoms with Crippen LogP contribution in [0, 0.1) is 0 Å². The minimum atomic E-state index is 0.770.